The number of H-pyrrole nitrogens is 1. The average molecular weight is 167 g/mol. The van der Waals surface area contributed by atoms with Crippen LogP contribution in [0.3, 0.4) is 0 Å². The molecular formula is C8H13N3O. The van der Waals surface area contributed by atoms with Crippen molar-refractivity contribution in [3.8, 4) is 0 Å². The van der Waals surface area contributed by atoms with E-state index in [9.17, 15) is 5.11 Å². The summed E-state index contributed by atoms with van der Waals surface area (Å²) in [6.07, 6.45) is 1.64. The van der Waals surface area contributed by atoms with Crippen molar-refractivity contribution in [2.45, 2.75) is 38.2 Å². The Kier molecular flexibility index (Phi) is 1.48. The largest absolute Gasteiger partial charge is 0.383 e. The molecule has 0 radical (unpaired) electrons. The monoisotopic (exact) mass is 167 g/mol. The zero-order valence-electron chi connectivity index (χ0n) is 7.33. The fourth-order valence-corrected chi connectivity index (χ4v) is 1.34. The summed E-state index contributed by atoms with van der Waals surface area (Å²) in [4.78, 5) is 0. The summed E-state index contributed by atoms with van der Waals surface area (Å²) in [7, 11) is 0. The molecule has 0 aromatic carbocycles. The molecule has 0 aliphatic heterocycles. The maximum Gasteiger partial charge on any atom is 0.117 e. The van der Waals surface area contributed by atoms with Gasteiger partial charge in [0, 0.05) is 0 Å². The molecule has 1 aromatic heterocycles. The first-order valence-corrected chi connectivity index (χ1v) is 4.27. The van der Waals surface area contributed by atoms with Crippen LogP contribution in [-0.4, -0.2) is 20.5 Å². The van der Waals surface area contributed by atoms with Crippen LogP contribution in [0.5, 0.6) is 0 Å². The van der Waals surface area contributed by atoms with Crippen molar-refractivity contribution in [1.82, 2.24) is 15.4 Å². The first-order valence-electron chi connectivity index (χ1n) is 4.27. The van der Waals surface area contributed by atoms with Crippen molar-refractivity contribution < 1.29 is 5.11 Å². The molecule has 1 saturated carbocycles. The van der Waals surface area contributed by atoms with Crippen molar-refractivity contribution in [1.29, 1.82) is 0 Å². The van der Waals surface area contributed by atoms with E-state index in [-0.39, 0.29) is 0 Å². The minimum absolute atomic E-state index is 0.323. The topological polar surface area (TPSA) is 61.8 Å². The lowest BCUT2D eigenvalue weighted by Gasteiger charge is -2.07. The van der Waals surface area contributed by atoms with Gasteiger partial charge in [0.05, 0.1) is 5.69 Å². The second-order valence-corrected chi connectivity index (χ2v) is 3.74. The Labute approximate surface area is 71.0 Å². The molecular weight excluding hydrogens is 154 g/mol. The quantitative estimate of drug-likeness (QED) is 0.688. The SMILES string of the molecule is CC(C)c1n[nH]nc1C1(O)CC1. The summed E-state index contributed by atoms with van der Waals surface area (Å²) < 4.78 is 0. The van der Waals surface area contributed by atoms with Gasteiger partial charge in [-0.05, 0) is 18.8 Å². The van der Waals surface area contributed by atoms with Gasteiger partial charge in [-0.15, -0.1) is 0 Å². The van der Waals surface area contributed by atoms with E-state index in [0.29, 0.717) is 5.92 Å². The van der Waals surface area contributed by atoms with Crippen molar-refractivity contribution in [2.24, 2.45) is 0 Å². The summed E-state index contributed by atoms with van der Waals surface area (Å²) in [5, 5.41) is 20.4. The molecule has 2 rings (SSSR count). The molecule has 1 aliphatic rings. The van der Waals surface area contributed by atoms with E-state index >= 15 is 0 Å². The Morgan fingerprint density at radius 3 is 2.58 bits per heavy atom. The zero-order valence-corrected chi connectivity index (χ0v) is 7.33. The lowest BCUT2D eigenvalue weighted by atomic mass is 10.0. The summed E-state index contributed by atoms with van der Waals surface area (Å²) in [5.41, 5.74) is 0.986. The maximum atomic E-state index is 9.80. The number of rotatable bonds is 2. The molecule has 0 amide bonds. The Hall–Kier alpha value is -0.900. The average Bonchev–Trinajstić information content (AvgIpc) is 2.61. The highest BCUT2D eigenvalue weighted by atomic mass is 16.3. The van der Waals surface area contributed by atoms with Gasteiger partial charge < -0.3 is 5.11 Å². The van der Waals surface area contributed by atoms with Crippen LogP contribution in [0.15, 0.2) is 0 Å². The van der Waals surface area contributed by atoms with Crippen LogP contribution in [-0.2, 0) is 5.60 Å². The number of aromatic amines is 1. The molecule has 1 fully saturated rings. The third kappa shape index (κ3) is 1.03. The fraction of sp³-hybridized carbons (Fsp3) is 0.750. The van der Waals surface area contributed by atoms with E-state index in [2.05, 4.69) is 15.4 Å². The van der Waals surface area contributed by atoms with Gasteiger partial charge in [-0.1, -0.05) is 13.8 Å². The standard InChI is InChI=1S/C8H13N3O/c1-5(2)6-7(10-11-9-6)8(12)3-4-8/h5,12H,3-4H2,1-2H3,(H,9,10,11). The van der Waals surface area contributed by atoms with Crippen LogP contribution in [0.2, 0.25) is 0 Å². The van der Waals surface area contributed by atoms with Crippen LogP contribution < -0.4 is 0 Å². The molecule has 1 aliphatic carbocycles. The molecule has 4 nitrogen and oxygen atoms in total. The first-order chi connectivity index (χ1) is 5.63. The fourth-order valence-electron chi connectivity index (χ4n) is 1.34. The van der Waals surface area contributed by atoms with Gasteiger partial charge in [-0.3, -0.25) is 0 Å². The maximum absolute atomic E-state index is 9.80. The van der Waals surface area contributed by atoms with Crippen LogP contribution in [0.1, 0.15) is 44.0 Å². The van der Waals surface area contributed by atoms with Gasteiger partial charge in [0.1, 0.15) is 11.3 Å². The first kappa shape index (κ1) is 7.73. The normalized spacial score (nSPS) is 20.0. The predicted octanol–water partition coefficient (Wildman–Crippen LogP) is 0.909. The molecule has 4 heteroatoms. The molecule has 0 unspecified atom stereocenters. The van der Waals surface area contributed by atoms with E-state index in [1.54, 1.807) is 0 Å². The molecule has 0 atom stereocenters. The number of nitrogens with one attached hydrogen (secondary N) is 1. The molecule has 0 bridgehead atoms. The summed E-state index contributed by atoms with van der Waals surface area (Å²) in [5.74, 6) is 0.323. The van der Waals surface area contributed by atoms with E-state index in [4.69, 9.17) is 0 Å². The third-order valence-corrected chi connectivity index (χ3v) is 2.29. The Bertz CT molecular complexity index is 288. The number of aromatic nitrogens is 3. The lowest BCUT2D eigenvalue weighted by molar-refractivity contribution is 0.145. The van der Waals surface area contributed by atoms with Crippen LogP contribution in [0, 0.1) is 0 Å². The molecule has 12 heavy (non-hydrogen) atoms. The van der Waals surface area contributed by atoms with Gasteiger partial charge in [0.25, 0.3) is 0 Å². The number of hydrogen-bond acceptors (Lipinski definition) is 3. The van der Waals surface area contributed by atoms with E-state index < -0.39 is 5.60 Å². The highest BCUT2D eigenvalue weighted by Gasteiger charge is 2.46. The summed E-state index contributed by atoms with van der Waals surface area (Å²) in [6, 6.07) is 0. The molecule has 1 aromatic rings. The zero-order chi connectivity index (χ0) is 8.77. The van der Waals surface area contributed by atoms with Crippen LogP contribution in [0.25, 0.3) is 0 Å². The van der Waals surface area contributed by atoms with Crippen molar-refractivity contribution >= 4 is 0 Å². The van der Waals surface area contributed by atoms with Crippen molar-refractivity contribution in [2.75, 3.05) is 0 Å². The van der Waals surface area contributed by atoms with Gasteiger partial charge in [0.2, 0.25) is 0 Å². The lowest BCUT2D eigenvalue weighted by Crippen LogP contribution is -2.09. The number of nitrogens with zero attached hydrogens (tertiary/aromatic N) is 2. The Morgan fingerprint density at radius 2 is 2.08 bits per heavy atom. The van der Waals surface area contributed by atoms with E-state index in [1.165, 1.54) is 0 Å². The minimum Gasteiger partial charge on any atom is -0.383 e. The molecule has 2 N–H and O–H groups in total. The van der Waals surface area contributed by atoms with Gasteiger partial charge in [-0.2, -0.15) is 15.4 Å². The smallest absolute Gasteiger partial charge is 0.117 e. The van der Waals surface area contributed by atoms with Gasteiger partial charge >= 0.3 is 0 Å². The molecule has 0 spiro atoms. The van der Waals surface area contributed by atoms with E-state index in [0.717, 1.165) is 24.2 Å². The van der Waals surface area contributed by atoms with Crippen molar-refractivity contribution in [3.05, 3.63) is 11.4 Å². The Morgan fingerprint density at radius 1 is 1.42 bits per heavy atom. The van der Waals surface area contributed by atoms with Gasteiger partial charge in [-0.25, -0.2) is 0 Å². The predicted molar refractivity (Wildman–Crippen MR) is 43.6 cm³/mol. The Balaban J connectivity index is 2.37. The molecule has 1 heterocycles. The highest BCUT2D eigenvalue weighted by molar-refractivity contribution is 5.25. The molecule has 66 valence electrons. The van der Waals surface area contributed by atoms with E-state index in [1.807, 2.05) is 13.8 Å². The third-order valence-electron chi connectivity index (χ3n) is 2.29. The highest BCUT2D eigenvalue weighted by Crippen LogP contribution is 2.46. The minimum atomic E-state index is -0.660. The number of aliphatic hydroxyl groups is 1. The van der Waals surface area contributed by atoms with Crippen molar-refractivity contribution in [3.63, 3.8) is 0 Å². The summed E-state index contributed by atoms with van der Waals surface area (Å²) in [6.45, 7) is 4.10. The van der Waals surface area contributed by atoms with Gasteiger partial charge in [0.15, 0.2) is 0 Å². The second-order valence-electron chi connectivity index (χ2n) is 3.74. The summed E-state index contributed by atoms with van der Waals surface area (Å²) >= 11 is 0. The molecule has 0 saturated heterocycles. The number of hydrogen-bond donors (Lipinski definition) is 2. The van der Waals surface area contributed by atoms with Crippen LogP contribution >= 0.6 is 0 Å². The second kappa shape index (κ2) is 2.29. The van der Waals surface area contributed by atoms with Crippen LogP contribution in [0.4, 0.5) is 0 Å².